The molecule has 1 amide bonds. The first-order valence-corrected chi connectivity index (χ1v) is 9.47. The van der Waals surface area contributed by atoms with Crippen LogP contribution in [0.2, 0.25) is 0 Å². The molecular formula is C21H23N5O2. The quantitative estimate of drug-likeness (QED) is 0.714. The van der Waals surface area contributed by atoms with Crippen molar-refractivity contribution in [1.29, 1.82) is 0 Å². The number of methoxy groups -OCH3 is 1. The standard InChI is InChI=1S/C21H23N5O2/c1-28-19-7-3-2-6-18(19)21(12-4-5-13-21)23-20(27)14-16-8-10-17(11-9-16)26-15-22-24-25-26/h2-3,6-11,15H,4-5,12-14H2,1H3,(H,23,27). The van der Waals surface area contributed by atoms with E-state index in [1.165, 1.54) is 0 Å². The second-order valence-corrected chi connectivity index (χ2v) is 7.14. The molecular weight excluding hydrogens is 354 g/mol. The Morgan fingerprint density at radius 3 is 2.57 bits per heavy atom. The summed E-state index contributed by atoms with van der Waals surface area (Å²) in [6.45, 7) is 0. The minimum Gasteiger partial charge on any atom is -0.496 e. The van der Waals surface area contributed by atoms with E-state index >= 15 is 0 Å². The van der Waals surface area contributed by atoms with Gasteiger partial charge in [0.1, 0.15) is 12.1 Å². The second kappa shape index (κ2) is 7.80. The van der Waals surface area contributed by atoms with Gasteiger partial charge in [-0.15, -0.1) is 5.10 Å². The van der Waals surface area contributed by atoms with Gasteiger partial charge in [-0.3, -0.25) is 4.79 Å². The number of amides is 1. The van der Waals surface area contributed by atoms with Gasteiger partial charge < -0.3 is 10.1 Å². The van der Waals surface area contributed by atoms with Crippen LogP contribution in [0.5, 0.6) is 5.75 Å². The van der Waals surface area contributed by atoms with Crippen molar-refractivity contribution in [1.82, 2.24) is 25.5 Å². The van der Waals surface area contributed by atoms with Crippen LogP contribution in [0, 0.1) is 0 Å². The topological polar surface area (TPSA) is 81.9 Å². The summed E-state index contributed by atoms with van der Waals surface area (Å²) >= 11 is 0. The largest absolute Gasteiger partial charge is 0.496 e. The van der Waals surface area contributed by atoms with E-state index in [1.807, 2.05) is 42.5 Å². The van der Waals surface area contributed by atoms with Crippen molar-refractivity contribution >= 4 is 5.91 Å². The van der Waals surface area contributed by atoms with Crippen LogP contribution in [0.3, 0.4) is 0 Å². The number of hydrogen-bond acceptors (Lipinski definition) is 5. The molecule has 0 spiro atoms. The summed E-state index contributed by atoms with van der Waals surface area (Å²) in [6, 6.07) is 15.7. The van der Waals surface area contributed by atoms with Crippen LogP contribution in [0.15, 0.2) is 54.9 Å². The van der Waals surface area contributed by atoms with E-state index < -0.39 is 0 Å². The third kappa shape index (κ3) is 3.60. The molecule has 28 heavy (non-hydrogen) atoms. The summed E-state index contributed by atoms with van der Waals surface area (Å²) in [7, 11) is 1.68. The minimum atomic E-state index is -0.351. The maximum Gasteiger partial charge on any atom is 0.225 e. The van der Waals surface area contributed by atoms with Gasteiger partial charge in [-0.1, -0.05) is 43.2 Å². The molecule has 0 atom stereocenters. The smallest absolute Gasteiger partial charge is 0.225 e. The third-order valence-corrected chi connectivity index (χ3v) is 5.37. The molecule has 3 aromatic rings. The first-order valence-electron chi connectivity index (χ1n) is 9.47. The monoisotopic (exact) mass is 377 g/mol. The maximum absolute atomic E-state index is 12.9. The zero-order chi connectivity index (χ0) is 19.4. The Bertz CT molecular complexity index is 932. The molecule has 0 bridgehead atoms. The lowest BCUT2D eigenvalue weighted by atomic mass is 9.87. The van der Waals surface area contributed by atoms with Crippen molar-refractivity contribution in [3.8, 4) is 11.4 Å². The fourth-order valence-electron chi connectivity index (χ4n) is 4.02. The number of aromatic nitrogens is 4. The van der Waals surface area contributed by atoms with Crippen LogP contribution in [-0.2, 0) is 16.8 Å². The lowest BCUT2D eigenvalue weighted by Crippen LogP contribution is -2.44. The number of benzene rings is 2. The van der Waals surface area contributed by atoms with E-state index in [0.29, 0.717) is 6.42 Å². The Morgan fingerprint density at radius 2 is 1.89 bits per heavy atom. The SMILES string of the molecule is COc1ccccc1C1(NC(=O)Cc2ccc(-n3cnnn3)cc2)CCCC1. The lowest BCUT2D eigenvalue weighted by Gasteiger charge is -2.32. The molecule has 1 N–H and O–H groups in total. The molecule has 1 aliphatic rings. The average molecular weight is 377 g/mol. The molecule has 1 saturated carbocycles. The lowest BCUT2D eigenvalue weighted by molar-refractivity contribution is -0.122. The summed E-state index contributed by atoms with van der Waals surface area (Å²) in [5.41, 5.74) is 2.52. The molecule has 1 fully saturated rings. The number of tetrazole rings is 1. The van der Waals surface area contributed by atoms with Crippen LogP contribution in [-0.4, -0.2) is 33.2 Å². The van der Waals surface area contributed by atoms with Crippen LogP contribution >= 0.6 is 0 Å². The molecule has 1 aliphatic carbocycles. The number of hydrogen-bond donors (Lipinski definition) is 1. The Hall–Kier alpha value is -3.22. The Morgan fingerprint density at radius 1 is 1.14 bits per heavy atom. The van der Waals surface area contributed by atoms with Crippen molar-refractivity contribution in [2.75, 3.05) is 7.11 Å². The van der Waals surface area contributed by atoms with Gasteiger partial charge in [-0.2, -0.15) is 0 Å². The van der Waals surface area contributed by atoms with Gasteiger partial charge in [0.25, 0.3) is 0 Å². The Labute approximate surface area is 163 Å². The fourth-order valence-corrected chi connectivity index (χ4v) is 4.02. The van der Waals surface area contributed by atoms with Crippen molar-refractivity contribution in [3.63, 3.8) is 0 Å². The van der Waals surface area contributed by atoms with Crippen LogP contribution in [0.25, 0.3) is 5.69 Å². The molecule has 2 aromatic carbocycles. The van der Waals surface area contributed by atoms with E-state index in [0.717, 1.165) is 48.2 Å². The minimum absolute atomic E-state index is 0.0166. The first-order chi connectivity index (χ1) is 13.7. The summed E-state index contributed by atoms with van der Waals surface area (Å²) in [5.74, 6) is 0.846. The van der Waals surface area contributed by atoms with Crippen LogP contribution in [0.4, 0.5) is 0 Å². The van der Waals surface area contributed by atoms with E-state index in [4.69, 9.17) is 4.74 Å². The molecule has 7 heteroatoms. The molecule has 4 rings (SSSR count). The van der Waals surface area contributed by atoms with E-state index in [9.17, 15) is 4.79 Å². The maximum atomic E-state index is 12.9. The Kier molecular flexibility index (Phi) is 5.06. The number of carbonyl (C=O) groups excluding carboxylic acids is 1. The molecule has 144 valence electrons. The zero-order valence-electron chi connectivity index (χ0n) is 15.8. The van der Waals surface area contributed by atoms with Gasteiger partial charge in [-0.25, -0.2) is 4.68 Å². The zero-order valence-corrected chi connectivity index (χ0v) is 15.8. The van der Waals surface area contributed by atoms with Crippen LogP contribution in [0.1, 0.15) is 36.8 Å². The fraction of sp³-hybridized carbons (Fsp3) is 0.333. The van der Waals surface area contributed by atoms with Crippen LogP contribution < -0.4 is 10.1 Å². The summed E-state index contributed by atoms with van der Waals surface area (Å²) < 4.78 is 7.14. The molecule has 1 heterocycles. The summed E-state index contributed by atoms with van der Waals surface area (Å²) in [6.07, 6.45) is 5.91. The van der Waals surface area contributed by atoms with Gasteiger partial charge >= 0.3 is 0 Å². The number of nitrogens with one attached hydrogen (secondary N) is 1. The van der Waals surface area contributed by atoms with E-state index in [2.05, 4.69) is 26.9 Å². The molecule has 0 unspecified atom stereocenters. The molecule has 1 aromatic heterocycles. The number of para-hydroxylation sites is 1. The summed E-state index contributed by atoms with van der Waals surface area (Å²) in [4.78, 5) is 12.9. The highest BCUT2D eigenvalue weighted by molar-refractivity contribution is 5.80. The second-order valence-electron chi connectivity index (χ2n) is 7.14. The highest BCUT2D eigenvalue weighted by atomic mass is 16.5. The van der Waals surface area contributed by atoms with Crippen molar-refractivity contribution in [2.45, 2.75) is 37.6 Å². The van der Waals surface area contributed by atoms with E-state index in [1.54, 1.807) is 18.1 Å². The highest BCUT2D eigenvalue weighted by Crippen LogP contribution is 2.42. The first kappa shape index (κ1) is 18.2. The van der Waals surface area contributed by atoms with Gasteiger partial charge in [0, 0.05) is 5.56 Å². The van der Waals surface area contributed by atoms with Crippen molar-refractivity contribution < 1.29 is 9.53 Å². The van der Waals surface area contributed by atoms with Gasteiger partial charge in [0.2, 0.25) is 5.91 Å². The average Bonchev–Trinajstić information content (AvgIpc) is 3.41. The van der Waals surface area contributed by atoms with Gasteiger partial charge in [0.05, 0.1) is 24.8 Å². The third-order valence-electron chi connectivity index (χ3n) is 5.37. The van der Waals surface area contributed by atoms with Gasteiger partial charge in [0.15, 0.2) is 0 Å². The molecule has 7 nitrogen and oxygen atoms in total. The van der Waals surface area contributed by atoms with E-state index in [-0.39, 0.29) is 11.4 Å². The number of nitrogens with zero attached hydrogens (tertiary/aromatic N) is 4. The number of rotatable bonds is 6. The number of ether oxygens (including phenoxy) is 1. The molecule has 0 radical (unpaired) electrons. The predicted molar refractivity (Wildman–Crippen MR) is 104 cm³/mol. The van der Waals surface area contributed by atoms with Crippen molar-refractivity contribution in [2.24, 2.45) is 0 Å². The van der Waals surface area contributed by atoms with Gasteiger partial charge in [-0.05, 0) is 47.0 Å². The Balaban J connectivity index is 1.50. The number of carbonyl (C=O) groups is 1. The highest BCUT2D eigenvalue weighted by Gasteiger charge is 2.38. The molecule has 0 aliphatic heterocycles. The predicted octanol–water partition coefficient (Wildman–Crippen LogP) is 2.80. The van der Waals surface area contributed by atoms with Crippen molar-refractivity contribution in [3.05, 3.63) is 66.0 Å². The summed E-state index contributed by atoms with van der Waals surface area (Å²) in [5, 5.41) is 14.5. The normalized spacial score (nSPS) is 15.3. The molecule has 0 saturated heterocycles.